The minimum atomic E-state index is -0.338. The molecule has 1 atom stereocenters. The van der Waals surface area contributed by atoms with E-state index in [4.69, 9.17) is 0 Å². The summed E-state index contributed by atoms with van der Waals surface area (Å²) in [5.74, 6) is -0.310. The fourth-order valence-corrected chi connectivity index (χ4v) is 2.88. The Labute approximate surface area is 123 Å². The van der Waals surface area contributed by atoms with Gasteiger partial charge in [0.1, 0.15) is 5.56 Å². The largest absolute Gasteiger partial charge is 0.345 e. The number of hydrogen-bond donors (Lipinski definition) is 2. The third-order valence-corrected chi connectivity index (χ3v) is 3.98. The molecule has 0 saturated carbocycles. The van der Waals surface area contributed by atoms with Crippen LogP contribution in [0.25, 0.3) is 0 Å². The summed E-state index contributed by atoms with van der Waals surface area (Å²) in [6.07, 6.45) is 1.85. The van der Waals surface area contributed by atoms with Crippen LogP contribution in [0.15, 0.2) is 35.1 Å². The molecule has 0 unspecified atom stereocenters. The second-order valence-corrected chi connectivity index (χ2v) is 5.65. The van der Waals surface area contributed by atoms with Gasteiger partial charge in [0.05, 0.1) is 6.04 Å². The molecule has 4 heteroatoms. The van der Waals surface area contributed by atoms with Gasteiger partial charge in [0.15, 0.2) is 0 Å². The molecule has 0 bridgehead atoms. The zero-order valence-corrected chi connectivity index (χ0v) is 12.2. The number of aryl methyl sites for hydroxylation is 3. The Morgan fingerprint density at radius 1 is 1.24 bits per heavy atom. The summed E-state index contributed by atoms with van der Waals surface area (Å²) in [4.78, 5) is 26.8. The van der Waals surface area contributed by atoms with Crippen molar-refractivity contribution in [1.82, 2.24) is 10.3 Å². The van der Waals surface area contributed by atoms with Gasteiger partial charge in [0, 0.05) is 5.69 Å². The molecule has 0 saturated heterocycles. The van der Waals surface area contributed by atoms with Crippen LogP contribution in [0.4, 0.5) is 0 Å². The maximum atomic E-state index is 12.3. The van der Waals surface area contributed by atoms with Gasteiger partial charge < -0.3 is 10.3 Å². The lowest BCUT2D eigenvalue weighted by Gasteiger charge is -2.14. The fourth-order valence-electron chi connectivity index (χ4n) is 2.88. The average molecular weight is 282 g/mol. The van der Waals surface area contributed by atoms with Gasteiger partial charge in [-0.1, -0.05) is 23.8 Å². The first kappa shape index (κ1) is 13.6. The number of carbonyl (C=O) groups excluding carboxylic acids is 1. The third-order valence-electron chi connectivity index (χ3n) is 3.98. The summed E-state index contributed by atoms with van der Waals surface area (Å²) in [7, 11) is 0. The standard InChI is InChI=1S/C17H18N2O2/c1-10-3-6-13-12(9-10)5-8-15(13)19-17(21)14-7-4-11(2)18-16(14)20/h3-4,6-7,9,15H,5,8H2,1-2H3,(H,18,20)(H,19,21)/t15-/m1/s1. The highest BCUT2D eigenvalue weighted by molar-refractivity contribution is 5.94. The molecule has 1 aliphatic carbocycles. The normalized spacial score (nSPS) is 16.6. The summed E-state index contributed by atoms with van der Waals surface area (Å²) in [5, 5.41) is 2.97. The molecule has 0 radical (unpaired) electrons. The van der Waals surface area contributed by atoms with Crippen LogP contribution in [-0.2, 0) is 6.42 Å². The summed E-state index contributed by atoms with van der Waals surface area (Å²) in [6.45, 7) is 3.86. The molecule has 0 aliphatic heterocycles. The molecule has 2 aromatic rings. The number of aromatic amines is 1. The van der Waals surface area contributed by atoms with Crippen LogP contribution in [0.1, 0.15) is 45.2 Å². The van der Waals surface area contributed by atoms with Gasteiger partial charge in [0.2, 0.25) is 0 Å². The fraction of sp³-hybridized carbons (Fsp3) is 0.294. The van der Waals surface area contributed by atoms with Crippen molar-refractivity contribution in [1.29, 1.82) is 0 Å². The Kier molecular flexibility index (Phi) is 3.37. The van der Waals surface area contributed by atoms with E-state index in [1.54, 1.807) is 19.1 Å². The van der Waals surface area contributed by atoms with Crippen molar-refractivity contribution in [3.63, 3.8) is 0 Å². The number of benzene rings is 1. The summed E-state index contributed by atoms with van der Waals surface area (Å²) in [6, 6.07) is 9.61. The Morgan fingerprint density at radius 2 is 2.05 bits per heavy atom. The van der Waals surface area contributed by atoms with E-state index in [0.29, 0.717) is 0 Å². The highest BCUT2D eigenvalue weighted by Crippen LogP contribution is 2.31. The zero-order valence-electron chi connectivity index (χ0n) is 12.2. The van der Waals surface area contributed by atoms with Gasteiger partial charge in [-0.3, -0.25) is 9.59 Å². The molecule has 2 N–H and O–H groups in total. The number of fused-ring (bicyclic) bond motifs is 1. The van der Waals surface area contributed by atoms with Crippen molar-refractivity contribution >= 4 is 5.91 Å². The first-order valence-corrected chi connectivity index (χ1v) is 7.15. The number of carbonyl (C=O) groups is 1. The van der Waals surface area contributed by atoms with Crippen LogP contribution in [0.3, 0.4) is 0 Å². The molecule has 1 amide bonds. The number of rotatable bonds is 2. The van der Waals surface area contributed by atoms with Gasteiger partial charge >= 0.3 is 0 Å². The van der Waals surface area contributed by atoms with Crippen molar-refractivity contribution in [2.24, 2.45) is 0 Å². The molecule has 0 fully saturated rings. The van der Waals surface area contributed by atoms with Gasteiger partial charge in [-0.25, -0.2) is 0 Å². The third kappa shape index (κ3) is 2.61. The van der Waals surface area contributed by atoms with E-state index in [2.05, 4.69) is 35.4 Å². The van der Waals surface area contributed by atoms with Gasteiger partial charge in [-0.15, -0.1) is 0 Å². The quantitative estimate of drug-likeness (QED) is 0.888. The molecule has 21 heavy (non-hydrogen) atoms. The molecule has 3 rings (SSSR count). The molecule has 1 aromatic carbocycles. The van der Waals surface area contributed by atoms with Crippen molar-refractivity contribution in [2.45, 2.75) is 32.7 Å². The van der Waals surface area contributed by atoms with Gasteiger partial charge in [-0.05, 0) is 49.9 Å². The van der Waals surface area contributed by atoms with Crippen LogP contribution in [0, 0.1) is 13.8 Å². The SMILES string of the molecule is Cc1ccc2c(c1)CC[C@H]2NC(=O)c1ccc(C)[nH]c1=O. The van der Waals surface area contributed by atoms with E-state index < -0.39 is 0 Å². The molecular weight excluding hydrogens is 264 g/mol. The number of hydrogen-bond acceptors (Lipinski definition) is 2. The smallest absolute Gasteiger partial charge is 0.260 e. The second-order valence-electron chi connectivity index (χ2n) is 5.65. The summed E-state index contributed by atoms with van der Waals surface area (Å²) >= 11 is 0. The Morgan fingerprint density at radius 3 is 2.81 bits per heavy atom. The minimum Gasteiger partial charge on any atom is -0.345 e. The Bertz CT molecular complexity index is 762. The lowest BCUT2D eigenvalue weighted by Crippen LogP contribution is -2.32. The van der Waals surface area contributed by atoms with Crippen LogP contribution < -0.4 is 10.9 Å². The molecule has 4 nitrogen and oxygen atoms in total. The van der Waals surface area contributed by atoms with Crippen molar-refractivity contribution in [3.8, 4) is 0 Å². The number of amides is 1. The molecule has 108 valence electrons. The number of nitrogens with one attached hydrogen (secondary N) is 2. The molecule has 1 heterocycles. The molecule has 1 aromatic heterocycles. The zero-order chi connectivity index (χ0) is 15.0. The average Bonchev–Trinajstić information content (AvgIpc) is 2.80. The Balaban J connectivity index is 1.82. The molecule has 1 aliphatic rings. The highest BCUT2D eigenvalue weighted by Gasteiger charge is 2.24. The predicted molar refractivity (Wildman–Crippen MR) is 81.5 cm³/mol. The van der Waals surface area contributed by atoms with E-state index in [1.807, 2.05) is 0 Å². The van der Waals surface area contributed by atoms with Crippen LogP contribution in [0.2, 0.25) is 0 Å². The predicted octanol–water partition coefficient (Wildman–Crippen LogP) is 2.41. The van der Waals surface area contributed by atoms with Crippen LogP contribution >= 0.6 is 0 Å². The lowest BCUT2D eigenvalue weighted by molar-refractivity contribution is 0.0935. The first-order valence-electron chi connectivity index (χ1n) is 7.15. The topological polar surface area (TPSA) is 62.0 Å². The minimum absolute atomic E-state index is 0.00574. The van der Waals surface area contributed by atoms with Crippen molar-refractivity contribution < 1.29 is 4.79 Å². The van der Waals surface area contributed by atoms with Gasteiger partial charge in [0.25, 0.3) is 11.5 Å². The number of H-pyrrole nitrogens is 1. The van der Waals surface area contributed by atoms with E-state index in [9.17, 15) is 9.59 Å². The second kappa shape index (κ2) is 5.20. The maximum absolute atomic E-state index is 12.3. The van der Waals surface area contributed by atoms with Crippen molar-refractivity contribution in [3.05, 3.63) is 68.6 Å². The molecule has 0 spiro atoms. The van der Waals surface area contributed by atoms with Crippen molar-refractivity contribution in [2.75, 3.05) is 0 Å². The Hall–Kier alpha value is -2.36. The van der Waals surface area contributed by atoms with E-state index in [0.717, 1.165) is 24.1 Å². The van der Waals surface area contributed by atoms with E-state index in [-0.39, 0.29) is 23.1 Å². The van der Waals surface area contributed by atoms with Crippen LogP contribution in [0.5, 0.6) is 0 Å². The number of aromatic nitrogens is 1. The van der Waals surface area contributed by atoms with E-state index >= 15 is 0 Å². The highest BCUT2D eigenvalue weighted by atomic mass is 16.2. The van der Waals surface area contributed by atoms with E-state index in [1.165, 1.54) is 11.1 Å². The monoisotopic (exact) mass is 282 g/mol. The first-order chi connectivity index (χ1) is 10.0. The number of pyridine rings is 1. The maximum Gasteiger partial charge on any atom is 0.260 e. The summed E-state index contributed by atoms with van der Waals surface area (Å²) in [5.41, 5.74) is 4.26. The summed E-state index contributed by atoms with van der Waals surface area (Å²) < 4.78 is 0. The lowest BCUT2D eigenvalue weighted by atomic mass is 10.1. The van der Waals surface area contributed by atoms with Gasteiger partial charge in [-0.2, -0.15) is 0 Å². The molecular formula is C17H18N2O2. The van der Waals surface area contributed by atoms with Crippen LogP contribution in [-0.4, -0.2) is 10.9 Å².